The number of halogens is 1. The number of hydrogen-bond acceptors (Lipinski definition) is 2. The molecule has 3 nitrogen and oxygen atoms in total. The summed E-state index contributed by atoms with van der Waals surface area (Å²) in [7, 11) is 0. The van der Waals surface area contributed by atoms with Crippen molar-refractivity contribution in [2.75, 3.05) is 13.2 Å². The van der Waals surface area contributed by atoms with E-state index in [0.29, 0.717) is 0 Å². The number of benzene rings is 1. The van der Waals surface area contributed by atoms with Crippen molar-refractivity contribution < 1.29 is 4.74 Å². The van der Waals surface area contributed by atoms with E-state index in [1.807, 2.05) is 32.0 Å². The first-order chi connectivity index (χ1) is 8.22. The van der Waals surface area contributed by atoms with E-state index >= 15 is 0 Å². The van der Waals surface area contributed by atoms with Gasteiger partial charge in [0.25, 0.3) is 0 Å². The Morgan fingerprint density at radius 1 is 1.41 bits per heavy atom. The van der Waals surface area contributed by atoms with Gasteiger partial charge in [0.1, 0.15) is 5.82 Å². The third-order valence-corrected chi connectivity index (χ3v) is 3.01. The lowest BCUT2D eigenvalue weighted by molar-refractivity contribution is 0.142. The summed E-state index contributed by atoms with van der Waals surface area (Å²) in [5.74, 6) is 1.03. The molecule has 0 aliphatic carbocycles. The van der Waals surface area contributed by atoms with E-state index in [1.165, 1.54) is 0 Å². The first-order valence-corrected chi connectivity index (χ1v) is 6.30. The third-order valence-electron chi connectivity index (χ3n) is 2.78. The van der Waals surface area contributed by atoms with Gasteiger partial charge in [0.2, 0.25) is 0 Å². The second-order valence-electron chi connectivity index (χ2n) is 3.99. The van der Waals surface area contributed by atoms with E-state index in [-0.39, 0.29) is 0 Å². The number of ether oxygens (including phenoxy) is 1. The fourth-order valence-corrected chi connectivity index (χ4v) is 2.14. The van der Waals surface area contributed by atoms with Gasteiger partial charge in [-0.1, -0.05) is 11.6 Å². The zero-order valence-electron chi connectivity index (χ0n) is 10.2. The number of aryl methyl sites for hydroxylation is 2. The Kier molecular flexibility index (Phi) is 4.02. The Balaban J connectivity index is 2.18. The number of fused-ring (bicyclic) bond motifs is 1. The average Bonchev–Trinajstić information content (AvgIpc) is 2.60. The van der Waals surface area contributed by atoms with Gasteiger partial charge in [0.15, 0.2) is 0 Å². The van der Waals surface area contributed by atoms with Crippen molar-refractivity contribution in [2.24, 2.45) is 0 Å². The van der Waals surface area contributed by atoms with Crippen molar-refractivity contribution >= 4 is 22.6 Å². The summed E-state index contributed by atoms with van der Waals surface area (Å²) in [5.41, 5.74) is 2.11. The predicted molar refractivity (Wildman–Crippen MR) is 70.6 cm³/mol. The second kappa shape index (κ2) is 5.52. The quantitative estimate of drug-likeness (QED) is 0.763. The van der Waals surface area contributed by atoms with Crippen LogP contribution in [0, 0.1) is 6.92 Å². The summed E-state index contributed by atoms with van der Waals surface area (Å²) in [4.78, 5) is 4.51. The molecule has 0 N–H and O–H groups in total. The molecule has 1 heterocycles. The molecule has 1 aromatic heterocycles. The van der Waals surface area contributed by atoms with Gasteiger partial charge in [-0.15, -0.1) is 0 Å². The van der Waals surface area contributed by atoms with Crippen LogP contribution in [0.15, 0.2) is 18.2 Å². The van der Waals surface area contributed by atoms with E-state index in [1.54, 1.807) is 0 Å². The van der Waals surface area contributed by atoms with Gasteiger partial charge >= 0.3 is 0 Å². The molecule has 4 heteroatoms. The number of hydrogen-bond donors (Lipinski definition) is 0. The minimum atomic E-state index is 0.733. The lowest BCUT2D eigenvalue weighted by Gasteiger charge is -2.06. The molecule has 0 atom stereocenters. The number of nitrogens with zero attached hydrogens (tertiary/aromatic N) is 2. The van der Waals surface area contributed by atoms with Gasteiger partial charge in [-0.25, -0.2) is 4.98 Å². The highest BCUT2D eigenvalue weighted by Crippen LogP contribution is 2.20. The van der Waals surface area contributed by atoms with E-state index in [0.717, 1.165) is 48.1 Å². The summed E-state index contributed by atoms with van der Waals surface area (Å²) in [6, 6.07) is 5.84. The van der Waals surface area contributed by atoms with Gasteiger partial charge < -0.3 is 9.30 Å². The van der Waals surface area contributed by atoms with Crippen LogP contribution >= 0.6 is 11.6 Å². The van der Waals surface area contributed by atoms with E-state index < -0.39 is 0 Å². The summed E-state index contributed by atoms with van der Waals surface area (Å²) in [5, 5.41) is 0.733. The predicted octanol–water partition coefficient (Wildman–Crippen LogP) is 3.42. The molecule has 0 bridgehead atoms. The van der Waals surface area contributed by atoms with Crippen LogP contribution in [0.4, 0.5) is 0 Å². The largest absolute Gasteiger partial charge is 0.382 e. The lowest BCUT2D eigenvalue weighted by Crippen LogP contribution is -2.04. The summed E-state index contributed by atoms with van der Waals surface area (Å²) < 4.78 is 7.56. The summed E-state index contributed by atoms with van der Waals surface area (Å²) >= 11 is 5.96. The highest BCUT2D eigenvalue weighted by Gasteiger charge is 2.07. The fourth-order valence-electron chi connectivity index (χ4n) is 1.97. The molecule has 0 aliphatic heterocycles. The van der Waals surface area contributed by atoms with E-state index in [2.05, 4.69) is 9.55 Å². The Hall–Kier alpha value is -1.06. The normalized spacial score (nSPS) is 11.2. The SMILES string of the molecule is CCOCCCn1c(C)nc2cc(Cl)ccc21. The van der Waals surface area contributed by atoms with Crippen LogP contribution in [0.5, 0.6) is 0 Å². The first-order valence-electron chi connectivity index (χ1n) is 5.92. The fraction of sp³-hybridized carbons (Fsp3) is 0.462. The summed E-state index contributed by atoms with van der Waals surface area (Å²) in [6.07, 6.45) is 1.00. The van der Waals surface area contributed by atoms with Crippen LogP contribution in [-0.4, -0.2) is 22.8 Å². The Morgan fingerprint density at radius 3 is 3.00 bits per heavy atom. The standard InChI is InChI=1S/C13H17ClN2O/c1-3-17-8-4-7-16-10(2)15-12-9-11(14)5-6-13(12)16/h5-6,9H,3-4,7-8H2,1-2H3. The maximum Gasteiger partial charge on any atom is 0.106 e. The lowest BCUT2D eigenvalue weighted by atomic mass is 10.3. The van der Waals surface area contributed by atoms with Crippen LogP contribution in [0.1, 0.15) is 19.2 Å². The van der Waals surface area contributed by atoms with Crippen molar-refractivity contribution in [3.63, 3.8) is 0 Å². The first kappa shape index (κ1) is 12.4. The monoisotopic (exact) mass is 252 g/mol. The van der Waals surface area contributed by atoms with Crippen molar-refractivity contribution in [2.45, 2.75) is 26.8 Å². The zero-order valence-corrected chi connectivity index (χ0v) is 11.0. The maximum atomic E-state index is 5.96. The maximum absolute atomic E-state index is 5.96. The summed E-state index contributed by atoms with van der Waals surface area (Å²) in [6.45, 7) is 6.54. The molecular weight excluding hydrogens is 236 g/mol. The van der Waals surface area contributed by atoms with Crippen LogP contribution in [0.3, 0.4) is 0 Å². The molecule has 0 radical (unpaired) electrons. The topological polar surface area (TPSA) is 27.1 Å². The van der Waals surface area contributed by atoms with Crippen molar-refractivity contribution in [3.8, 4) is 0 Å². The Labute approximate surface area is 106 Å². The van der Waals surface area contributed by atoms with Gasteiger partial charge in [-0.3, -0.25) is 0 Å². The molecule has 0 saturated carbocycles. The highest BCUT2D eigenvalue weighted by atomic mass is 35.5. The molecule has 92 valence electrons. The highest BCUT2D eigenvalue weighted by molar-refractivity contribution is 6.31. The van der Waals surface area contributed by atoms with Crippen molar-refractivity contribution in [3.05, 3.63) is 29.0 Å². The van der Waals surface area contributed by atoms with Crippen molar-refractivity contribution in [1.29, 1.82) is 0 Å². The minimum absolute atomic E-state index is 0.733. The number of imidazole rings is 1. The zero-order chi connectivity index (χ0) is 12.3. The Morgan fingerprint density at radius 2 is 2.24 bits per heavy atom. The second-order valence-corrected chi connectivity index (χ2v) is 4.43. The molecule has 2 aromatic rings. The van der Waals surface area contributed by atoms with Gasteiger partial charge in [-0.05, 0) is 38.5 Å². The molecule has 1 aromatic carbocycles. The molecule has 17 heavy (non-hydrogen) atoms. The molecule has 0 spiro atoms. The average molecular weight is 253 g/mol. The van der Waals surface area contributed by atoms with Gasteiger partial charge in [0.05, 0.1) is 11.0 Å². The smallest absolute Gasteiger partial charge is 0.106 e. The van der Waals surface area contributed by atoms with Gasteiger partial charge in [-0.2, -0.15) is 0 Å². The molecule has 0 unspecified atom stereocenters. The van der Waals surface area contributed by atoms with Crippen LogP contribution < -0.4 is 0 Å². The molecular formula is C13H17ClN2O. The van der Waals surface area contributed by atoms with Crippen LogP contribution in [0.2, 0.25) is 5.02 Å². The van der Waals surface area contributed by atoms with E-state index in [9.17, 15) is 0 Å². The number of aromatic nitrogens is 2. The van der Waals surface area contributed by atoms with Crippen LogP contribution in [0.25, 0.3) is 11.0 Å². The van der Waals surface area contributed by atoms with Crippen LogP contribution in [-0.2, 0) is 11.3 Å². The molecule has 0 fully saturated rings. The molecule has 0 amide bonds. The van der Waals surface area contributed by atoms with Crippen molar-refractivity contribution in [1.82, 2.24) is 9.55 Å². The van der Waals surface area contributed by atoms with E-state index in [4.69, 9.17) is 16.3 Å². The Bertz CT molecular complexity index is 507. The number of rotatable bonds is 5. The van der Waals surface area contributed by atoms with Gasteiger partial charge in [0, 0.05) is 24.8 Å². The molecule has 0 saturated heterocycles. The molecule has 2 rings (SSSR count). The third kappa shape index (κ3) is 2.79. The minimum Gasteiger partial charge on any atom is -0.382 e. The molecule has 0 aliphatic rings.